The molecule has 0 bridgehead atoms. The molecule has 0 amide bonds. The van der Waals surface area contributed by atoms with E-state index in [0.717, 1.165) is 7.11 Å². The van der Waals surface area contributed by atoms with Gasteiger partial charge in [0.1, 0.15) is 18.3 Å². The SMILES string of the molecule is COC(C(=O)OC(C)C1OC(C)(C)OC1CO[Si](C)(C)C(C)(C)C)(c1ccccc1)C(F)(F)F. The second kappa shape index (κ2) is 9.89. The molecule has 194 valence electrons. The second-order valence-corrected chi connectivity index (χ2v) is 15.4. The molecule has 4 unspecified atom stereocenters. The van der Waals surface area contributed by atoms with Gasteiger partial charge in [-0.15, -0.1) is 0 Å². The molecule has 1 fully saturated rings. The van der Waals surface area contributed by atoms with Crippen molar-refractivity contribution in [3.05, 3.63) is 35.9 Å². The highest BCUT2D eigenvalue weighted by atomic mass is 28.4. The lowest BCUT2D eigenvalue weighted by molar-refractivity contribution is -0.279. The predicted octanol–water partition coefficient (Wildman–Crippen LogP) is 5.56. The number of alkyl halides is 3. The lowest BCUT2D eigenvalue weighted by Gasteiger charge is -2.37. The monoisotopic (exact) mass is 506 g/mol. The molecule has 0 N–H and O–H groups in total. The van der Waals surface area contributed by atoms with E-state index in [0.29, 0.717) is 0 Å². The minimum Gasteiger partial charge on any atom is -0.457 e. The van der Waals surface area contributed by atoms with Crippen LogP contribution in [0.4, 0.5) is 13.2 Å². The predicted molar refractivity (Wildman–Crippen MR) is 124 cm³/mol. The fourth-order valence-corrected chi connectivity index (χ4v) is 4.62. The minimum atomic E-state index is -5.06. The highest BCUT2D eigenvalue weighted by Crippen LogP contribution is 2.44. The van der Waals surface area contributed by atoms with Gasteiger partial charge in [0.25, 0.3) is 5.60 Å². The largest absolute Gasteiger partial charge is 0.457 e. The molecule has 34 heavy (non-hydrogen) atoms. The van der Waals surface area contributed by atoms with Gasteiger partial charge in [-0.1, -0.05) is 51.1 Å². The number of methoxy groups -OCH3 is 1. The van der Waals surface area contributed by atoms with Gasteiger partial charge in [-0.05, 0) is 38.9 Å². The Morgan fingerprint density at radius 3 is 2.15 bits per heavy atom. The number of rotatable bonds is 8. The standard InChI is InChI=1S/C24H37F3O6Si/c1-16(19-18(32-22(5,6)33-19)15-30-34(8,9)21(2,3)4)31-20(28)23(29-7,24(25,26)27)17-13-11-10-12-14-17/h10-14,16,18-19H,15H2,1-9H3. The Labute approximate surface area is 201 Å². The third kappa shape index (κ3) is 5.84. The Balaban J connectivity index is 2.28. The van der Waals surface area contributed by atoms with Crippen molar-refractivity contribution in [3.8, 4) is 0 Å². The van der Waals surface area contributed by atoms with Gasteiger partial charge < -0.3 is 23.4 Å². The summed E-state index contributed by atoms with van der Waals surface area (Å²) in [7, 11) is -1.30. The van der Waals surface area contributed by atoms with Crippen molar-refractivity contribution in [2.45, 2.75) is 95.6 Å². The quantitative estimate of drug-likeness (QED) is 0.340. The number of hydrogen-bond acceptors (Lipinski definition) is 6. The molecule has 1 aromatic carbocycles. The summed E-state index contributed by atoms with van der Waals surface area (Å²) < 4.78 is 70.9. The van der Waals surface area contributed by atoms with Crippen LogP contribution in [0.2, 0.25) is 18.1 Å². The third-order valence-electron chi connectivity index (χ3n) is 6.56. The minimum absolute atomic E-state index is 0.0456. The Bertz CT molecular complexity index is 837. The molecule has 1 aromatic rings. The first kappa shape index (κ1) is 28.8. The zero-order valence-electron chi connectivity index (χ0n) is 21.4. The van der Waals surface area contributed by atoms with E-state index in [4.69, 9.17) is 23.4 Å². The summed E-state index contributed by atoms with van der Waals surface area (Å²) >= 11 is 0. The number of halogens is 3. The van der Waals surface area contributed by atoms with Gasteiger partial charge in [0, 0.05) is 12.7 Å². The average molecular weight is 507 g/mol. The van der Waals surface area contributed by atoms with E-state index in [2.05, 4.69) is 33.9 Å². The molecule has 1 saturated heterocycles. The number of carbonyl (C=O) groups excluding carboxylic acids is 1. The summed E-state index contributed by atoms with van der Waals surface area (Å²) in [6, 6.07) is 6.70. The van der Waals surface area contributed by atoms with Gasteiger partial charge in [-0.2, -0.15) is 13.2 Å². The van der Waals surface area contributed by atoms with Crippen molar-refractivity contribution in [2.75, 3.05) is 13.7 Å². The summed E-state index contributed by atoms with van der Waals surface area (Å²) in [5.41, 5.74) is -3.64. The van der Waals surface area contributed by atoms with Crippen LogP contribution in [-0.2, 0) is 33.8 Å². The van der Waals surface area contributed by atoms with Crippen molar-refractivity contribution in [2.24, 2.45) is 0 Å². The van der Waals surface area contributed by atoms with Gasteiger partial charge in [-0.25, -0.2) is 4.79 Å². The van der Waals surface area contributed by atoms with Crippen LogP contribution < -0.4 is 0 Å². The molecule has 1 heterocycles. The van der Waals surface area contributed by atoms with Crippen molar-refractivity contribution >= 4 is 14.3 Å². The molecule has 6 nitrogen and oxygen atoms in total. The van der Waals surface area contributed by atoms with E-state index in [1.54, 1.807) is 19.9 Å². The van der Waals surface area contributed by atoms with E-state index in [1.807, 2.05) is 0 Å². The van der Waals surface area contributed by atoms with Crippen molar-refractivity contribution in [1.82, 2.24) is 0 Å². The maximum absolute atomic E-state index is 14.2. The van der Waals surface area contributed by atoms with Crippen LogP contribution in [0.5, 0.6) is 0 Å². The van der Waals surface area contributed by atoms with Gasteiger partial charge in [0.2, 0.25) is 0 Å². The molecule has 0 saturated carbocycles. The van der Waals surface area contributed by atoms with E-state index >= 15 is 0 Å². The molecule has 0 radical (unpaired) electrons. The molecule has 4 atom stereocenters. The molecule has 10 heteroatoms. The van der Waals surface area contributed by atoms with E-state index in [-0.39, 0.29) is 17.2 Å². The zero-order valence-corrected chi connectivity index (χ0v) is 22.4. The van der Waals surface area contributed by atoms with Crippen LogP contribution in [0.3, 0.4) is 0 Å². The van der Waals surface area contributed by atoms with Crippen molar-refractivity contribution < 1.29 is 41.3 Å². The van der Waals surface area contributed by atoms with E-state index in [9.17, 15) is 18.0 Å². The average Bonchev–Trinajstić information content (AvgIpc) is 3.01. The molecule has 0 aromatic heterocycles. The summed E-state index contributed by atoms with van der Waals surface area (Å²) in [6.45, 7) is 15.5. The van der Waals surface area contributed by atoms with Crippen LogP contribution >= 0.6 is 0 Å². The second-order valence-electron chi connectivity index (χ2n) is 10.6. The summed E-state index contributed by atoms with van der Waals surface area (Å²) in [6.07, 6.45) is -7.59. The highest BCUT2D eigenvalue weighted by Gasteiger charge is 2.64. The first-order chi connectivity index (χ1) is 15.4. The third-order valence-corrected chi connectivity index (χ3v) is 11.1. The van der Waals surface area contributed by atoms with E-state index in [1.165, 1.54) is 31.2 Å². The Kier molecular flexibility index (Phi) is 8.37. The lowest BCUT2D eigenvalue weighted by atomic mass is 9.92. The Hall–Kier alpha value is -1.46. The van der Waals surface area contributed by atoms with Gasteiger partial charge in [0.15, 0.2) is 14.1 Å². The first-order valence-corrected chi connectivity index (χ1v) is 14.2. The summed E-state index contributed by atoms with van der Waals surface area (Å²) in [4.78, 5) is 13.0. The van der Waals surface area contributed by atoms with Gasteiger partial charge in [-0.3, -0.25) is 0 Å². The number of ether oxygens (including phenoxy) is 4. The first-order valence-electron chi connectivity index (χ1n) is 11.3. The maximum Gasteiger partial charge on any atom is 0.432 e. The number of carbonyl (C=O) groups is 1. The van der Waals surface area contributed by atoms with Crippen molar-refractivity contribution in [1.29, 1.82) is 0 Å². The normalized spacial score (nSPS) is 23.9. The van der Waals surface area contributed by atoms with Crippen LogP contribution in [0, 0.1) is 0 Å². The highest BCUT2D eigenvalue weighted by molar-refractivity contribution is 6.74. The van der Waals surface area contributed by atoms with Crippen LogP contribution in [0.25, 0.3) is 0 Å². The smallest absolute Gasteiger partial charge is 0.432 e. The van der Waals surface area contributed by atoms with Crippen LogP contribution in [0.1, 0.15) is 47.1 Å². The zero-order chi connectivity index (χ0) is 26.2. The topological polar surface area (TPSA) is 63.2 Å². The molecule has 1 aliphatic heterocycles. The Morgan fingerprint density at radius 1 is 1.12 bits per heavy atom. The number of esters is 1. The van der Waals surface area contributed by atoms with Gasteiger partial charge >= 0.3 is 12.1 Å². The maximum atomic E-state index is 14.2. The number of benzene rings is 1. The number of hydrogen-bond donors (Lipinski definition) is 0. The fourth-order valence-electron chi connectivity index (χ4n) is 3.60. The molecule has 2 rings (SSSR count). The fraction of sp³-hybridized carbons (Fsp3) is 0.708. The Morgan fingerprint density at radius 2 is 1.68 bits per heavy atom. The van der Waals surface area contributed by atoms with Crippen LogP contribution in [0.15, 0.2) is 30.3 Å². The molecule has 1 aliphatic rings. The molecule has 0 aliphatic carbocycles. The van der Waals surface area contributed by atoms with E-state index < -0.39 is 50.2 Å². The van der Waals surface area contributed by atoms with Gasteiger partial charge in [0.05, 0.1) is 6.61 Å². The lowest BCUT2D eigenvalue weighted by Crippen LogP contribution is -2.53. The summed E-state index contributed by atoms with van der Waals surface area (Å²) in [5.74, 6) is -2.59. The van der Waals surface area contributed by atoms with Crippen molar-refractivity contribution in [3.63, 3.8) is 0 Å². The molecule has 0 spiro atoms. The van der Waals surface area contributed by atoms with Crippen LogP contribution in [-0.4, -0.2) is 58.3 Å². The summed E-state index contributed by atoms with van der Waals surface area (Å²) in [5, 5.41) is -0.0456. The molecular weight excluding hydrogens is 469 g/mol. The molecular formula is C24H37F3O6Si.